The zero-order valence-corrected chi connectivity index (χ0v) is 11.2. The Morgan fingerprint density at radius 3 is 2.89 bits per heavy atom. The summed E-state index contributed by atoms with van der Waals surface area (Å²) in [6.07, 6.45) is 1.28. The van der Waals surface area contributed by atoms with E-state index >= 15 is 0 Å². The number of benzene rings is 1. The number of anilines is 1. The Balaban J connectivity index is 2.34. The van der Waals surface area contributed by atoms with Crippen molar-refractivity contribution in [2.24, 2.45) is 0 Å². The Morgan fingerprint density at radius 2 is 2.21 bits per heavy atom. The first-order valence-corrected chi connectivity index (χ1v) is 6.46. The molecule has 1 heterocycles. The van der Waals surface area contributed by atoms with Crippen molar-refractivity contribution in [3.8, 4) is 0 Å². The summed E-state index contributed by atoms with van der Waals surface area (Å²) < 4.78 is 13.8. The van der Waals surface area contributed by atoms with Crippen molar-refractivity contribution in [2.45, 2.75) is 25.8 Å². The first kappa shape index (κ1) is 13.8. The van der Waals surface area contributed by atoms with Crippen LogP contribution in [0.5, 0.6) is 0 Å². The predicted molar refractivity (Wildman–Crippen MR) is 70.6 cm³/mol. The van der Waals surface area contributed by atoms with E-state index in [-0.39, 0.29) is 24.0 Å². The van der Waals surface area contributed by atoms with Gasteiger partial charge in [0.05, 0.1) is 5.69 Å². The summed E-state index contributed by atoms with van der Waals surface area (Å²) in [4.78, 5) is 25.0. The fourth-order valence-electron chi connectivity index (χ4n) is 2.09. The van der Waals surface area contributed by atoms with Crippen molar-refractivity contribution in [3.63, 3.8) is 0 Å². The van der Waals surface area contributed by atoms with Crippen LogP contribution >= 0.6 is 11.6 Å². The van der Waals surface area contributed by atoms with Gasteiger partial charge in [-0.2, -0.15) is 0 Å². The quantitative estimate of drug-likeness (QED) is 0.924. The van der Waals surface area contributed by atoms with Crippen LogP contribution in [-0.2, 0) is 9.59 Å². The van der Waals surface area contributed by atoms with E-state index in [0.717, 1.165) is 11.3 Å². The van der Waals surface area contributed by atoms with E-state index in [4.69, 9.17) is 11.6 Å². The molecule has 1 aromatic rings. The summed E-state index contributed by atoms with van der Waals surface area (Å²) in [6.45, 7) is 1.73. The third-order valence-electron chi connectivity index (χ3n) is 2.98. The van der Waals surface area contributed by atoms with E-state index < -0.39 is 11.9 Å². The van der Waals surface area contributed by atoms with Gasteiger partial charge in [-0.3, -0.25) is 14.5 Å². The second kappa shape index (κ2) is 5.57. The molecule has 0 saturated carbocycles. The van der Waals surface area contributed by atoms with E-state index in [1.165, 1.54) is 18.2 Å². The monoisotopic (exact) mass is 284 g/mol. The lowest BCUT2D eigenvalue weighted by Crippen LogP contribution is -2.58. The van der Waals surface area contributed by atoms with Gasteiger partial charge in [-0.05, 0) is 24.6 Å². The molecule has 4 nitrogen and oxygen atoms in total. The molecule has 102 valence electrons. The molecule has 0 radical (unpaired) electrons. The number of hydrogen-bond acceptors (Lipinski definition) is 2. The van der Waals surface area contributed by atoms with Crippen LogP contribution in [0.15, 0.2) is 18.2 Å². The van der Waals surface area contributed by atoms with Crippen LogP contribution in [0.2, 0.25) is 5.02 Å². The molecule has 2 amide bonds. The molecule has 19 heavy (non-hydrogen) atoms. The molecule has 1 N–H and O–H groups in total. The maximum Gasteiger partial charge on any atom is 0.250 e. The molecule has 0 spiro atoms. The predicted octanol–water partition coefficient (Wildman–Crippen LogP) is 2.11. The zero-order chi connectivity index (χ0) is 14.0. The number of carbonyl (C=O) groups is 2. The molecule has 0 bridgehead atoms. The molecule has 1 saturated heterocycles. The number of nitrogens with one attached hydrogen (secondary N) is 1. The number of piperazine rings is 1. The lowest BCUT2D eigenvalue weighted by atomic mass is 10.1. The summed E-state index contributed by atoms with van der Waals surface area (Å²) in [6, 6.07) is 3.35. The lowest BCUT2D eigenvalue weighted by molar-refractivity contribution is -0.131. The SMILES string of the molecule is CCCC1NC(=O)CN(c2cc(Cl)ccc2F)C1=O. The fraction of sp³-hybridized carbons (Fsp3) is 0.385. The maximum atomic E-state index is 13.8. The van der Waals surface area contributed by atoms with E-state index in [9.17, 15) is 14.0 Å². The van der Waals surface area contributed by atoms with E-state index in [2.05, 4.69) is 5.32 Å². The van der Waals surface area contributed by atoms with Crippen molar-refractivity contribution in [3.05, 3.63) is 29.0 Å². The highest BCUT2D eigenvalue weighted by molar-refractivity contribution is 6.31. The Labute approximate surface area is 115 Å². The molecule has 1 atom stereocenters. The molecule has 1 aliphatic rings. The van der Waals surface area contributed by atoms with Crippen LogP contribution in [0.25, 0.3) is 0 Å². The molecular formula is C13H14ClFN2O2. The Morgan fingerprint density at radius 1 is 1.47 bits per heavy atom. The standard InChI is InChI=1S/C13H14ClFN2O2/c1-2-3-10-13(19)17(7-12(18)16-10)11-6-8(14)4-5-9(11)15/h4-6,10H,2-3,7H2,1H3,(H,16,18). The number of hydrogen-bond donors (Lipinski definition) is 1. The van der Waals surface area contributed by atoms with E-state index in [1.807, 2.05) is 6.92 Å². The molecule has 0 aliphatic carbocycles. The molecule has 1 fully saturated rings. The number of halogens is 2. The third kappa shape index (κ3) is 2.87. The Hall–Kier alpha value is -1.62. The lowest BCUT2D eigenvalue weighted by Gasteiger charge is -2.32. The minimum Gasteiger partial charge on any atom is -0.343 e. The second-order valence-electron chi connectivity index (χ2n) is 4.43. The van der Waals surface area contributed by atoms with Gasteiger partial charge in [0.15, 0.2) is 0 Å². The van der Waals surface area contributed by atoms with Gasteiger partial charge >= 0.3 is 0 Å². The first-order valence-electron chi connectivity index (χ1n) is 6.08. The van der Waals surface area contributed by atoms with Crippen molar-refractivity contribution >= 4 is 29.1 Å². The van der Waals surface area contributed by atoms with Gasteiger partial charge in [-0.1, -0.05) is 24.9 Å². The van der Waals surface area contributed by atoms with E-state index in [0.29, 0.717) is 11.4 Å². The number of carbonyl (C=O) groups excluding carboxylic acids is 2. The molecule has 1 aliphatic heterocycles. The largest absolute Gasteiger partial charge is 0.343 e. The fourth-order valence-corrected chi connectivity index (χ4v) is 2.26. The van der Waals surface area contributed by atoms with Crippen LogP contribution in [0.3, 0.4) is 0 Å². The highest BCUT2D eigenvalue weighted by atomic mass is 35.5. The van der Waals surface area contributed by atoms with E-state index in [1.54, 1.807) is 0 Å². The minimum atomic E-state index is -0.593. The molecular weight excluding hydrogens is 271 g/mol. The topological polar surface area (TPSA) is 49.4 Å². The summed E-state index contributed by atoms with van der Waals surface area (Å²) in [5.41, 5.74) is 0.0495. The van der Waals surface area contributed by atoms with Crippen LogP contribution in [0.4, 0.5) is 10.1 Å². The van der Waals surface area contributed by atoms with Crippen molar-refractivity contribution < 1.29 is 14.0 Å². The minimum absolute atomic E-state index is 0.0495. The Kier molecular flexibility index (Phi) is 4.04. The second-order valence-corrected chi connectivity index (χ2v) is 4.87. The summed E-state index contributed by atoms with van der Waals surface area (Å²) in [5, 5.41) is 2.94. The molecule has 1 aromatic carbocycles. The van der Waals surface area contributed by atoms with Gasteiger partial charge in [0.1, 0.15) is 18.4 Å². The molecule has 0 aromatic heterocycles. The summed E-state index contributed by atoms with van der Waals surface area (Å²) in [5.74, 6) is -1.16. The summed E-state index contributed by atoms with van der Waals surface area (Å²) in [7, 11) is 0. The smallest absolute Gasteiger partial charge is 0.250 e. The van der Waals surface area contributed by atoms with Crippen LogP contribution in [0.1, 0.15) is 19.8 Å². The Bertz CT molecular complexity index is 521. The van der Waals surface area contributed by atoms with Crippen LogP contribution in [0, 0.1) is 5.82 Å². The number of amides is 2. The average molecular weight is 285 g/mol. The van der Waals surface area contributed by atoms with Crippen molar-refractivity contribution in [1.29, 1.82) is 0 Å². The zero-order valence-electron chi connectivity index (χ0n) is 10.5. The van der Waals surface area contributed by atoms with Gasteiger partial charge in [-0.25, -0.2) is 4.39 Å². The molecule has 6 heteroatoms. The molecule has 2 rings (SSSR count). The van der Waals surface area contributed by atoms with Crippen molar-refractivity contribution in [2.75, 3.05) is 11.4 Å². The maximum absolute atomic E-state index is 13.8. The third-order valence-corrected chi connectivity index (χ3v) is 3.21. The van der Waals surface area contributed by atoms with Gasteiger partial charge in [0.25, 0.3) is 0 Å². The van der Waals surface area contributed by atoms with Gasteiger partial charge in [0, 0.05) is 5.02 Å². The first-order chi connectivity index (χ1) is 9.02. The van der Waals surface area contributed by atoms with Gasteiger partial charge in [-0.15, -0.1) is 0 Å². The van der Waals surface area contributed by atoms with Gasteiger partial charge in [0.2, 0.25) is 11.8 Å². The van der Waals surface area contributed by atoms with Crippen LogP contribution in [-0.4, -0.2) is 24.4 Å². The number of rotatable bonds is 3. The number of nitrogens with zero attached hydrogens (tertiary/aromatic N) is 1. The summed E-state index contributed by atoms with van der Waals surface area (Å²) >= 11 is 5.81. The average Bonchev–Trinajstić information content (AvgIpc) is 2.37. The molecule has 1 unspecified atom stereocenters. The highest BCUT2D eigenvalue weighted by Gasteiger charge is 2.34. The van der Waals surface area contributed by atoms with Gasteiger partial charge < -0.3 is 5.32 Å². The van der Waals surface area contributed by atoms with Crippen LogP contribution < -0.4 is 10.2 Å². The highest BCUT2D eigenvalue weighted by Crippen LogP contribution is 2.25. The normalized spacial score (nSPS) is 19.5. The van der Waals surface area contributed by atoms with Crippen molar-refractivity contribution in [1.82, 2.24) is 5.32 Å².